The Labute approximate surface area is 137 Å². The molecule has 0 saturated heterocycles. The predicted octanol–water partition coefficient (Wildman–Crippen LogP) is 3.98. The molecule has 2 aromatic carbocycles. The van der Waals surface area contributed by atoms with E-state index >= 15 is 0 Å². The highest BCUT2D eigenvalue weighted by atomic mass is 16.5. The van der Waals surface area contributed by atoms with Gasteiger partial charge in [0.05, 0.1) is 18.2 Å². The highest BCUT2D eigenvalue weighted by Gasteiger charge is 2.06. The van der Waals surface area contributed by atoms with Crippen LogP contribution in [0.2, 0.25) is 0 Å². The first-order valence-electron chi connectivity index (χ1n) is 7.78. The molecule has 0 bridgehead atoms. The van der Waals surface area contributed by atoms with Crippen molar-refractivity contribution < 1.29 is 14.2 Å². The van der Waals surface area contributed by atoms with Crippen molar-refractivity contribution in [3.05, 3.63) is 53.6 Å². The molecule has 2 rings (SSSR count). The van der Waals surface area contributed by atoms with E-state index in [1.54, 1.807) is 18.2 Å². The minimum absolute atomic E-state index is 0.404. The third-order valence-corrected chi connectivity index (χ3v) is 3.31. The minimum atomic E-state index is 0.404. The highest BCUT2D eigenvalue weighted by Crippen LogP contribution is 2.28. The Hall–Kier alpha value is -2.67. The van der Waals surface area contributed by atoms with Crippen LogP contribution in [0.4, 0.5) is 0 Å². The zero-order valence-electron chi connectivity index (χ0n) is 13.5. The van der Waals surface area contributed by atoms with Crippen molar-refractivity contribution in [3.8, 4) is 23.3 Å². The Balaban J connectivity index is 1.86. The van der Waals surface area contributed by atoms with Gasteiger partial charge in [-0.3, -0.25) is 0 Å². The van der Waals surface area contributed by atoms with Crippen LogP contribution in [0.25, 0.3) is 0 Å². The molecule has 0 aliphatic heterocycles. The summed E-state index contributed by atoms with van der Waals surface area (Å²) < 4.78 is 16.9. The van der Waals surface area contributed by atoms with E-state index in [-0.39, 0.29) is 0 Å². The molecule has 0 spiro atoms. The molecule has 0 fully saturated rings. The maximum Gasteiger partial charge on any atom is 0.162 e. The number of nitriles is 1. The smallest absolute Gasteiger partial charge is 0.162 e. The van der Waals surface area contributed by atoms with Crippen LogP contribution in [0, 0.1) is 11.3 Å². The summed E-state index contributed by atoms with van der Waals surface area (Å²) in [4.78, 5) is 0. The van der Waals surface area contributed by atoms with Gasteiger partial charge in [-0.05, 0) is 43.2 Å². The van der Waals surface area contributed by atoms with E-state index in [1.807, 2.05) is 19.1 Å². The molecule has 0 radical (unpaired) electrons. The Morgan fingerprint density at radius 1 is 0.870 bits per heavy atom. The fourth-order valence-corrected chi connectivity index (χ4v) is 2.10. The number of aryl methyl sites for hydroxylation is 1. The summed E-state index contributed by atoms with van der Waals surface area (Å²) in [5.41, 5.74) is 1.83. The molecule has 0 aromatic heterocycles. The van der Waals surface area contributed by atoms with Crippen LogP contribution in [-0.4, -0.2) is 19.8 Å². The zero-order valence-corrected chi connectivity index (χ0v) is 13.5. The summed E-state index contributed by atoms with van der Waals surface area (Å²) in [6, 6.07) is 15.3. The van der Waals surface area contributed by atoms with Crippen LogP contribution in [0.3, 0.4) is 0 Å². The standard InChI is InChI=1S/C19H21NO3/c1-3-15-5-8-17(9-6-15)22-11-12-23-18-10-7-16(14-20)13-19(18)21-4-2/h5-10,13H,3-4,11-12H2,1-2H3. The molecule has 4 heteroatoms. The Kier molecular flexibility index (Phi) is 6.31. The summed E-state index contributed by atoms with van der Waals surface area (Å²) >= 11 is 0. The maximum absolute atomic E-state index is 8.93. The summed E-state index contributed by atoms with van der Waals surface area (Å²) in [6.45, 7) is 5.38. The third kappa shape index (κ3) is 4.93. The lowest BCUT2D eigenvalue weighted by atomic mass is 10.2. The predicted molar refractivity (Wildman–Crippen MR) is 89.1 cm³/mol. The second kappa shape index (κ2) is 8.70. The molecule has 4 nitrogen and oxygen atoms in total. The van der Waals surface area contributed by atoms with Crippen LogP contribution in [0.1, 0.15) is 25.0 Å². The number of nitrogens with zero attached hydrogens (tertiary/aromatic N) is 1. The van der Waals surface area contributed by atoms with Gasteiger partial charge in [0.1, 0.15) is 19.0 Å². The molecule has 0 heterocycles. The van der Waals surface area contributed by atoms with Gasteiger partial charge in [0, 0.05) is 6.07 Å². The van der Waals surface area contributed by atoms with Crippen LogP contribution in [-0.2, 0) is 6.42 Å². The first-order valence-corrected chi connectivity index (χ1v) is 7.78. The van der Waals surface area contributed by atoms with Crippen LogP contribution in [0.5, 0.6) is 17.2 Å². The van der Waals surface area contributed by atoms with Crippen molar-refractivity contribution in [3.63, 3.8) is 0 Å². The highest BCUT2D eigenvalue weighted by molar-refractivity contribution is 5.46. The molecule has 0 amide bonds. The third-order valence-electron chi connectivity index (χ3n) is 3.31. The number of ether oxygens (including phenoxy) is 3. The summed E-state index contributed by atoms with van der Waals surface area (Å²) in [7, 11) is 0. The van der Waals surface area contributed by atoms with Gasteiger partial charge < -0.3 is 14.2 Å². The largest absolute Gasteiger partial charge is 0.490 e. The van der Waals surface area contributed by atoms with Gasteiger partial charge in [0.2, 0.25) is 0 Å². The second-order valence-electron chi connectivity index (χ2n) is 4.90. The SMILES string of the molecule is CCOc1cc(C#N)ccc1OCCOc1ccc(CC)cc1. The van der Waals surface area contributed by atoms with Gasteiger partial charge in [-0.1, -0.05) is 19.1 Å². The zero-order chi connectivity index (χ0) is 16.5. The van der Waals surface area contributed by atoms with Crippen LogP contribution in [0.15, 0.2) is 42.5 Å². The fraction of sp³-hybridized carbons (Fsp3) is 0.316. The number of benzene rings is 2. The molecule has 120 valence electrons. The lowest BCUT2D eigenvalue weighted by Crippen LogP contribution is -2.10. The molecular weight excluding hydrogens is 290 g/mol. The van der Waals surface area contributed by atoms with Gasteiger partial charge in [0.25, 0.3) is 0 Å². The monoisotopic (exact) mass is 311 g/mol. The van der Waals surface area contributed by atoms with Crippen molar-refractivity contribution in [1.29, 1.82) is 5.26 Å². The molecule has 0 saturated carbocycles. The normalized spacial score (nSPS) is 9.96. The Morgan fingerprint density at radius 3 is 2.26 bits per heavy atom. The van der Waals surface area contributed by atoms with Crippen molar-refractivity contribution in [2.45, 2.75) is 20.3 Å². The van der Waals surface area contributed by atoms with Crippen LogP contribution < -0.4 is 14.2 Å². The summed E-state index contributed by atoms with van der Waals surface area (Å²) in [5.74, 6) is 2.03. The van der Waals surface area contributed by atoms with Crippen molar-refractivity contribution >= 4 is 0 Å². The van der Waals surface area contributed by atoms with E-state index in [4.69, 9.17) is 19.5 Å². The molecule has 0 aliphatic rings. The van der Waals surface area contributed by atoms with Gasteiger partial charge in [-0.15, -0.1) is 0 Å². The number of rotatable bonds is 8. The quantitative estimate of drug-likeness (QED) is 0.692. The molecule has 0 atom stereocenters. The molecule has 2 aromatic rings. The molecule has 0 aliphatic carbocycles. The first kappa shape index (κ1) is 16.7. The Morgan fingerprint density at radius 2 is 1.61 bits per heavy atom. The van der Waals surface area contributed by atoms with Crippen molar-refractivity contribution in [2.24, 2.45) is 0 Å². The molecule has 0 N–H and O–H groups in total. The van der Waals surface area contributed by atoms with Gasteiger partial charge >= 0.3 is 0 Å². The summed E-state index contributed by atoms with van der Waals surface area (Å²) in [5, 5.41) is 8.93. The van der Waals surface area contributed by atoms with E-state index in [0.29, 0.717) is 36.9 Å². The Bertz CT molecular complexity index is 659. The average molecular weight is 311 g/mol. The first-order chi connectivity index (χ1) is 11.3. The van der Waals surface area contributed by atoms with E-state index < -0.39 is 0 Å². The number of hydrogen-bond acceptors (Lipinski definition) is 4. The molecule has 0 unspecified atom stereocenters. The van der Waals surface area contributed by atoms with Crippen molar-refractivity contribution in [1.82, 2.24) is 0 Å². The van der Waals surface area contributed by atoms with Crippen molar-refractivity contribution in [2.75, 3.05) is 19.8 Å². The van der Waals surface area contributed by atoms with E-state index in [1.165, 1.54) is 5.56 Å². The van der Waals surface area contributed by atoms with E-state index in [9.17, 15) is 0 Å². The maximum atomic E-state index is 8.93. The van der Waals surface area contributed by atoms with Gasteiger partial charge in [0.15, 0.2) is 11.5 Å². The van der Waals surface area contributed by atoms with Crippen LogP contribution >= 0.6 is 0 Å². The second-order valence-corrected chi connectivity index (χ2v) is 4.90. The van der Waals surface area contributed by atoms with Gasteiger partial charge in [-0.25, -0.2) is 0 Å². The molecule has 23 heavy (non-hydrogen) atoms. The fourth-order valence-electron chi connectivity index (χ4n) is 2.10. The van der Waals surface area contributed by atoms with Gasteiger partial charge in [-0.2, -0.15) is 5.26 Å². The van der Waals surface area contributed by atoms with E-state index in [2.05, 4.69) is 25.1 Å². The minimum Gasteiger partial charge on any atom is -0.490 e. The average Bonchev–Trinajstić information content (AvgIpc) is 2.60. The molecular formula is C19H21NO3. The number of hydrogen-bond donors (Lipinski definition) is 0. The summed E-state index contributed by atoms with van der Waals surface area (Å²) in [6.07, 6.45) is 1.02. The lowest BCUT2D eigenvalue weighted by Gasteiger charge is -2.12. The van der Waals surface area contributed by atoms with E-state index in [0.717, 1.165) is 12.2 Å². The topological polar surface area (TPSA) is 51.5 Å². The lowest BCUT2D eigenvalue weighted by molar-refractivity contribution is 0.208.